The highest BCUT2D eigenvalue weighted by Crippen LogP contribution is 2.32. The molecule has 0 aliphatic carbocycles. The lowest BCUT2D eigenvalue weighted by Gasteiger charge is -2.35. The van der Waals surface area contributed by atoms with Crippen molar-refractivity contribution in [3.63, 3.8) is 0 Å². The van der Waals surface area contributed by atoms with Gasteiger partial charge in [0.25, 0.3) is 11.6 Å². The van der Waals surface area contributed by atoms with Crippen molar-refractivity contribution < 1.29 is 19.2 Å². The van der Waals surface area contributed by atoms with Gasteiger partial charge in [-0.15, -0.1) is 0 Å². The summed E-state index contributed by atoms with van der Waals surface area (Å²) in [6.07, 6.45) is 2.40. The minimum absolute atomic E-state index is 0.162. The highest BCUT2D eigenvalue weighted by molar-refractivity contribution is 6.09. The summed E-state index contributed by atoms with van der Waals surface area (Å²) in [4.78, 5) is 35.9. The molecule has 1 aliphatic heterocycles. The molecule has 0 bridgehead atoms. The Morgan fingerprint density at radius 1 is 1.06 bits per heavy atom. The Kier molecular flexibility index (Phi) is 6.38. The van der Waals surface area contributed by atoms with Gasteiger partial charge < -0.3 is 15.4 Å². The van der Waals surface area contributed by atoms with Gasteiger partial charge in [-0.2, -0.15) is 0 Å². The van der Waals surface area contributed by atoms with Crippen molar-refractivity contribution in [3.05, 3.63) is 105 Å². The van der Waals surface area contributed by atoms with E-state index in [-0.39, 0.29) is 22.6 Å². The molecule has 0 unspecified atom stereocenters. The molecule has 178 valence electrons. The van der Waals surface area contributed by atoms with Gasteiger partial charge in [0.2, 0.25) is 0 Å². The molecule has 0 spiro atoms. The van der Waals surface area contributed by atoms with Crippen LogP contribution in [0.1, 0.15) is 45.7 Å². The fourth-order valence-corrected chi connectivity index (χ4v) is 4.05. The zero-order valence-corrected chi connectivity index (χ0v) is 19.6. The van der Waals surface area contributed by atoms with Crippen LogP contribution in [-0.2, 0) is 6.42 Å². The van der Waals surface area contributed by atoms with E-state index in [0.29, 0.717) is 17.0 Å². The van der Waals surface area contributed by atoms with Gasteiger partial charge in [0.05, 0.1) is 12.0 Å². The monoisotopic (exact) mass is 471 g/mol. The minimum Gasteiger partial charge on any atom is -0.497 e. The quantitative estimate of drug-likeness (QED) is 0.226. The molecular formula is C27H25N3O5. The fourth-order valence-electron chi connectivity index (χ4n) is 4.05. The molecule has 3 aromatic rings. The molecule has 0 saturated heterocycles. The molecule has 35 heavy (non-hydrogen) atoms. The summed E-state index contributed by atoms with van der Waals surface area (Å²) < 4.78 is 5.36. The number of hydrogen-bond donors (Lipinski definition) is 2. The van der Waals surface area contributed by atoms with Crippen molar-refractivity contribution in [3.8, 4) is 5.75 Å². The SMILES string of the molecule is COc1ccc2c(c1)/C(=C/C(=O)c1ccc(NC(=O)c3cccc([N+](=O)[O-])c3)cc1)NC(C)(C)C2. The van der Waals surface area contributed by atoms with E-state index in [1.807, 2.05) is 18.2 Å². The van der Waals surface area contributed by atoms with Gasteiger partial charge in [-0.1, -0.05) is 12.1 Å². The predicted molar refractivity (Wildman–Crippen MR) is 134 cm³/mol. The van der Waals surface area contributed by atoms with E-state index in [2.05, 4.69) is 24.5 Å². The summed E-state index contributed by atoms with van der Waals surface area (Å²) in [6, 6.07) is 17.8. The molecule has 0 aromatic heterocycles. The number of non-ortho nitro benzene ring substituents is 1. The number of nitrogens with one attached hydrogen (secondary N) is 2. The van der Waals surface area contributed by atoms with Crippen molar-refractivity contribution in [2.45, 2.75) is 25.8 Å². The molecule has 8 nitrogen and oxygen atoms in total. The van der Waals surface area contributed by atoms with Crippen LogP contribution in [0.2, 0.25) is 0 Å². The first-order valence-corrected chi connectivity index (χ1v) is 11.0. The predicted octanol–water partition coefficient (Wildman–Crippen LogP) is 5.00. The number of nitro benzene ring substituents is 1. The Labute approximate surface area is 202 Å². The largest absolute Gasteiger partial charge is 0.497 e. The molecule has 3 aromatic carbocycles. The fraction of sp³-hybridized carbons (Fsp3) is 0.185. The first-order valence-electron chi connectivity index (χ1n) is 11.0. The average Bonchev–Trinajstić information content (AvgIpc) is 2.83. The van der Waals surface area contributed by atoms with Gasteiger partial charge in [0, 0.05) is 51.8 Å². The van der Waals surface area contributed by atoms with Gasteiger partial charge in [0.15, 0.2) is 5.78 Å². The Hall–Kier alpha value is -4.46. The number of hydrogen-bond acceptors (Lipinski definition) is 6. The second-order valence-corrected chi connectivity index (χ2v) is 8.97. The summed E-state index contributed by atoms with van der Waals surface area (Å²) in [6.45, 7) is 4.16. The number of rotatable bonds is 6. The lowest BCUT2D eigenvalue weighted by Crippen LogP contribution is -2.43. The third-order valence-electron chi connectivity index (χ3n) is 5.73. The Morgan fingerprint density at radius 3 is 2.49 bits per heavy atom. The highest BCUT2D eigenvalue weighted by atomic mass is 16.6. The number of nitro groups is 1. The van der Waals surface area contributed by atoms with Crippen LogP contribution in [0, 0.1) is 10.1 Å². The molecule has 1 heterocycles. The summed E-state index contributed by atoms with van der Waals surface area (Å²) in [5.41, 5.74) is 3.51. The summed E-state index contributed by atoms with van der Waals surface area (Å²) in [5, 5.41) is 17.1. The third kappa shape index (κ3) is 5.38. The van der Waals surface area contributed by atoms with Gasteiger partial charge in [-0.3, -0.25) is 19.7 Å². The highest BCUT2D eigenvalue weighted by Gasteiger charge is 2.28. The second-order valence-electron chi connectivity index (χ2n) is 8.97. The number of carbonyl (C=O) groups is 2. The molecular weight excluding hydrogens is 446 g/mol. The smallest absolute Gasteiger partial charge is 0.270 e. The zero-order valence-electron chi connectivity index (χ0n) is 19.6. The Bertz CT molecular complexity index is 1340. The number of ether oxygens (including phenoxy) is 1. The van der Waals surface area contributed by atoms with Gasteiger partial charge in [0.1, 0.15) is 5.75 Å². The molecule has 4 rings (SSSR count). The number of benzene rings is 3. The number of anilines is 1. The van der Waals surface area contributed by atoms with Gasteiger partial charge >= 0.3 is 0 Å². The maximum absolute atomic E-state index is 13.0. The molecule has 1 aliphatic rings. The van der Waals surface area contributed by atoms with E-state index < -0.39 is 10.8 Å². The lowest BCUT2D eigenvalue weighted by molar-refractivity contribution is -0.384. The molecule has 0 radical (unpaired) electrons. The Balaban J connectivity index is 1.53. The van der Waals surface area contributed by atoms with E-state index in [0.717, 1.165) is 23.2 Å². The molecule has 1 amide bonds. The number of fused-ring (bicyclic) bond motifs is 1. The number of nitrogens with zero attached hydrogens (tertiary/aromatic N) is 1. The van der Waals surface area contributed by atoms with Crippen LogP contribution in [0.4, 0.5) is 11.4 Å². The van der Waals surface area contributed by atoms with Gasteiger partial charge in [-0.25, -0.2) is 0 Å². The molecule has 0 atom stereocenters. The van der Waals surface area contributed by atoms with E-state index in [4.69, 9.17) is 4.74 Å². The number of ketones is 1. The number of carbonyl (C=O) groups excluding carboxylic acids is 2. The van der Waals surface area contributed by atoms with Crippen molar-refractivity contribution in [1.29, 1.82) is 0 Å². The van der Waals surface area contributed by atoms with Gasteiger partial charge in [-0.05, 0) is 68.3 Å². The van der Waals surface area contributed by atoms with E-state index in [9.17, 15) is 19.7 Å². The van der Waals surface area contributed by atoms with Crippen LogP contribution in [0.3, 0.4) is 0 Å². The van der Waals surface area contributed by atoms with Crippen LogP contribution in [0.5, 0.6) is 5.75 Å². The first-order chi connectivity index (χ1) is 16.6. The third-order valence-corrected chi connectivity index (χ3v) is 5.73. The second kappa shape index (κ2) is 9.42. The topological polar surface area (TPSA) is 111 Å². The van der Waals surface area contributed by atoms with E-state index in [1.165, 1.54) is 24.3 Å². The standard InChI is InChI=1S/C27H25N3O5/c1-27(2)16-19-9-12-22(35-3)14-23(19)24(29-27)15-25(31)17-7-10-20(11-8-17)28-26(32)18-5-4-6-21(13-18)30(33)34/h4-15,29H,16H2,1-3H3,(H,28,32)/b24-15-. The number of methoxy groups -OCH3 is 1. The summed E-state index contributed by atoms with van der Waals surface area (Å²) >= 11 is 0. The van der Waals surface area contributed by atoms with Crippen LogP contribution >= 0.6 is 0 Å². The average molecular weight is 472 g/mol. The maximum Gasteiger partial charge on any atom is 0.270 e. The lowest BCUT2D eigenvalue weighted by atomic mass is 9.85. The van der Waals surface area contributed by atoms with E-state index in [1.54, 1.807) is 37.5 Å². The normalized spacial score (nSPS) is 15.0. The van der Waals surface area contributed by atoms with Crippen molar-refractivity contribution in [2.24, 2.45) is 0 Å². The first kappa shape index (κ1) is 23.7. The van der Waals surface area contributed by atoms with Crippen molar-refractivity contribution in [1.82, 2.24) is 5.32 Å². The summed E-state index contributed by atoms with van der Waals surface area (Å²) in [5.74, 6) is 0.0528. The van der Waals surface area contributed by atoms with Crippen LogP contribution in [-0.4, -0.2) is 29.3 Å². The van der Waals surface area contributed by atoms with Crippen LogP contribution in [0.25, 0.3) is 5.70 Å². The molecule has 0 saturated carbocycles. The number of allylic oxidation sites excluding steroid dienone is 1. The van der Waals surface area contributed by atoms with E-state index >= 15 is 0 Å². The summed E-state index contributed by atoms with van der Waals surface area (Å²) in [7, 11) is 1.61. The number of amides is 1. The van der Waals surface area contributed by atoms with Crippen molar-refractivity contribution in [2.75, 3.05) is 12.4 Å². The maximum atomic E-state index is 13.0. The molecule has 8 heteroatoms. The van der Waals surface area contributed by atoms with Crippen LogP contribution < -0.4 is 15.4 Å². The Morgan fingerprint density at radius 2 is 1.80 bits per heavy atom. The molecule has 0 fully saturated rings. The van der Waals surface area contributed by atoms with Crippen molar-refractivity contribution >= 4 is 28.8 Å². The zero-order chi connectivity index (χ0) is 25.2. The molecule has 2 N–H and O–H groups in total. The minimum atomic E-state index is -0.553. The van der Waals surface area contributed by atoms with Crippen LogP contribution in [0.15, 0.2) is 72.8 Å².